The molecule has 7 nitrogen and oxygen atoms in total. The Morgan fingerprint density at radius 2 is 1.75 bits per heavy atom. The van der Waals surface area contributed by atoms with Crippen molar-refractivity contribution in [3.8, 4) is 5.88 Å². The van der Waals surface area contributed by atoms with E-state index < -0.39 is 32.2 Å². The molecule has 0 aliphatic carbocycles. The molecule has 0 spiro atoms. The molecule has 0 saturated carbocycles. The van der Waals surface area contributed by atoms with Crippen LogP contribution in [0.5, 0.6) is 5.88 Å². The van der Waals surface area contributed by atoms with Crippen LogP contribution in [0.1, 0.15) is 42.8 Å². The fraction of sp³-hybridized carbons (Fsp3) is 0.333. The number of benzene rings is 2. The molecule has 0 unspecified atom stereocenters. The van der Waals surface area contributed by atoms with Crippen LogP contribution in [0.25, 0.3) is 0 Å². The molecule has 2 aromatic carbocycles. The topological polar surface area (TPSA) is 98.5 Å². The molecular weight excluding hydrogens is 428 g/mol. The van der Waals surface area contributed by atoms with E-state index in [0.717, 1.165) is 24.0 Å². The van der Waals surface area contributed by atoms with Crippen LogP contribution in [-0.4, -0.2) is 36.8 Å². The van der Waals surface area contributed by atoms with E-state index in [0.29, 0.717) is 12.2 Å². The predicted molar refractivity (Wildman–Crippen MR) is 122 cm³/mol. The second kappa shape index (κ2) is 10.1. The Kier molecular flexibility index (Phi) is 7.48. The van der Waals surface area contributed by atoms with E-state index in [9.17, 15) is 18.3 Å². The molecule has 3 rings (SSSR count). The van der Waals surface area contributed by atoms with Crippen LogP contribution >= 0.6 is 0 Å². The highest BCUT2D eigenvalue weighted by Gasteiger charge is 2.31. The van der Waals surface area contributed by atoms with Crippen LogP contribution in [0, 0.1) is 6.92 Å². The Balaban J connectivity index is 2.30. The molecule has 32 heavy (non-hydrogen) atoms. The minimum atomic E-state index is -4.29. The van der Waals surface area contributed by atoms with Crippen LogP contribution in [0.4, 0.5) is 0 Å². The molecule has 0 fully saturated rings. The Hall–Kier alpha value is -2.97. The first-order valence-electron chi connectivity index (χ1n) is 10.5. The molecule has 3 aromatic rings. The third kappa shape index (κ3) is 4.76. The number of hydrogen-bond donors (Lipinski definition) is 1. The number of aromatic hydroxyl groups is 1. The molecule has 0 radical (unpaired) electrons. The van der Waals surface area contributed by atoms with Gasteiger partial charge >= 0.3 is 0 Å². The molecule has 8 heteroatoms. The normalized spacial score (nSPS) is 12.6. The average Bonchev–Trinajstić information content (AvgIpc) is 2.77. The van der Waals surface area contributed by atoms with Crippen LogP contribution in [-0.2, 0) is 21.0 Å². The van der Waals surface area contributed by atoms with Crippen molar-refractivity contribution in [2.45, 2.75) is 48.9 Å². The molecule has 0 aliphatic heterocycles. The number of ether oxygens (including phenoxy) is 1. The summed E-state index contributed by atoms with van der Waals surface area (Å²) in [6.07, 6.45) is 1.99. The maximum atomic E-state index is 13.7. The van der Waals surface area contributed by atoms with E-state index in [4.69, 9.17) is 4.74 Å². The summed E-state index contributed by atoms with van der Waals surface area (Å²) in [4.78, 5) is 17.1. The minimum Gasteiger partial charge on any atom is -0.492 e. The smallest absolute Gasteiger partial charge is 0.277 e. The summed E-state index contributed by atoms with van der Waals surface area (Å²) in [7, 11) is -2.78. The fourth-order valence-electron chi connectivity index (χ4n) is 3.61. The van der Waals surface area contributed by atoms with E-state index in [2.05, 4.69) is 4.98 Å². The molecule has 0 amide bonds. The van der Waals surface area contributed by atoms with Gasteiger partial charge in [-0.15, -0.1) is 0 Å². The van der Waals surface area contributed by atoms with Gasteiger partial charge < -0.3 is 9.84 Å². The maximum Gasteiger partial charge on any atom is 0.277 e. The van der Waals surface area contributed by atoms with E-state index in [1.807, 2.05) is 44.2 Å². The van der Waals surface area contributed by atoms with Gasteiger partial charge in [0.1, 0.15) is 5.82 Å². The third-order valence-corrected chi connectivity index (χ3v) is 7.09. The number of nitrogens with zero attached hydrogens (tertiary/aromatic N) is 2. The Labute approximate surface area is 188 Å². The average molecular weight is 457 g/mol. The highest BCUT2D eigenvalue weighted by molar-refractivity contribution is 7.91. The number of aryl methyl sites for hydroxylation is 2. The lowest BCUT2D eigenvalue weighted by molar-refractivity contribution is 0.165. The number of sulfone groups is 1. The van der Waals surface area contributed by atoms with Crippen LogP contribution in [0.3, 0.4) is 0 Å². The summed E-state index contributed by atoms with van der Waals surface area (Å²) in [6.45, 7) is 3.97. The molecule has 0 aliphatic rings. The maximum absolute atomic E-state index is 13.7. The zero-order chi connectivity index (χ0) is 23.3. The van der Waals surface area contributed by atoms with Gasteiger partial charge in [-0.3, -0.25) is 9.36 Å². The van der Waals surface area contributed by atoms with Crippen LogP contribution in [0.2, 0.25) is 0 Å². The SMILES string of the molecule is CCCCc1nc(O)c(S(=O)(=O)c2ccc(C)cc2)c(=O)n1[C@@H](COC)c1ccccc1. The van der Waals surface area contributed by atoms with Gasteiger partial charge in [0.2, 0.25) is 15.7 Å². The zero-order valence-corrected chi connectivity index (χ0v) is 19.3. The van der Waals surface area contributed by atoms with E-state index >= 15 is 0 Å². The van der Waals surface area contributed by atoms with Gasteiger partial charge in [0.15, 0.2) is 4.90 Å². The van der Waals surface area contributed by atoms with Crippen molar-refractivity contribution in [1.82, 2.24) is 9.55 Å². The van der Waals surface area contributed by atoms with Crippen molar-refractivity contribution in [2.24, 2.45) is 0 Å². The first-order chi connectivity index (χ1) is 15.3. The Bertz CT molecular complexity index is 1220. The lowest BCUT2D eigenvalue weighted by Gasteiger charge is -2.24. The number of aromatic nitrogens is 2. The second-order valence-electron chi connectivity index (χ2n) is 7.66. The Morgan fingerprint density at radius 1 is 1.09 bits per heavy atom. The van der Waals surface area contributed by atoms with Crippen molar-refractivity contribution in [1.29, 1.82) is 0 Å². The van der Waals surface area contributed by atoms with E-state index in [1.54, 1.807) is 12.1 Å². The summed E-state index contributed by atoms with van der Waals surface area (Å²) in [5.74, 6) is -0.453. The quantitative estimate of drug-likeness (QED) is 0.528. The molecule has 170 valence electrons. The number of rotatable bonds is 9. The molecule has 1 aromatic heterocycles. The lowest BCUT2D eigenvalue weighted by atomic mass is 10.1. The van der Waals surface area contributed by atoms with Crippen molar-refractivity contribution in [3.63, 3.8) is 0 Å². The first kappa shape index (κ1) is 23.7. The zero-order valence-electron chi connectivity index (χ0n) is 18.5. The molecular formula is C24H28N2O5S. The standard InChI is InChI=1S/C24H28N2O5S/c1-4-5-11-21-25-23(27)22(32(29,30)19-14-12-17(2)13-15-19)24(28)26(21)20(16-31-3)18-9-7-6-8-10-18/h6-10,12-15,20,27H,4-5,11,16H2,1-3H3/t20-/m0/s1. The van der Waals surface area contributed by atoms with Crippen LogP contribution in [0.15, 0.2) is 69.2 Å². The molecule has 0 saturated heterocycles. The number of hydrogen-bond acceptors (Lipinski definition) is 6. The lowest BCUT2D eigenvalue weighted by Crippen LogP contribution is -2.35. The van der Waals surface area contributed by atoms with E-state index in [-0.39, 0.29) is 11.5 Å². The summed E-state index contributed by atoms with van der Waals surface area (Å²) < 4.78 is 33.4. The van der Waals surface area contributed by atoms with Crippen molar-refractivity contribution in [2.75, 3.05) is 13.7 Å². The van der Waals surface area contributed by atoms with Gasteiger partial charge in [-0.05, 0) is 31.0 Å². The summed E-state index contributed by atoms with van der Waals surface area (Å²) in [6, 6.07) is 14.8. The van der Waals surface area contributed by atoms with Gasteiger partial charge in [0.25, 0.3) is 5.56 Å². The van der Waals surface area contributed by atoms with Crippen molar-refractivity contribution >= 4 is 9.84 Å². The predicted octanol–water partition coefficient (Wildman–Crippen LogP) is 3.67. The minimum absolute atomic E-state index is 0.0758. The number of unbranched alkanes of at least 4 members (excludes halogenated alkanes) is 1. The molecule has 1 N–H and O–H groups in total. The van der Waals surface area contributed by atoms with Gasteiger partial charge in [-0.1, -0.05) is 61.4 Å². The second-order valence-corrected chi connectivity index (χ2v) is 9.54. The summed E-state index contributed by atoms with van der Waals surface area (Å²) in [5.41, 5.74) is 0.846. The highest BCUT2D eigenvalue weighted by Crippen LogP contribution is 2.28. The summed E-state index contributed by atoms with van der Waals surface area (Å²) >= 11 is 0. The molecule has 1 atom stereocenters. The monoisotopic (exact) mass is 456 g/mol. The third-order valence-electron chi connectivity index (χ3n) is 5.30. The van der Waals surface area contributed by atoms with Crippen molar-refractivity contribution in [3.05, 3.63) is 81.9 Å². The number of methoxy groups -OCH3 is 1. The van der Waals surface area contributed by atoms with Gasteiger partial charge in [0, 0.05) is 13.5 Å². The molecule has 1 heterocycles. The van der Waals surface area contributed by atoms with Crippen LogP contribution < -0.4 is 5.56 Å². The van der Waals surface area contributed by atoms with Gasteiger partial charge in [0.05, 0.1) is 17.5 Å². The van der Waals surface area contributed by atoms with Gasteiger partial charge in [-0.2, -0.15) is 4.98 Å². The largest absolute Gasteiger partial charge is 0.492 e. The first-order valence-corrected chi connectivity index (χ1v) is 12.0. The van der Waals surface area contributed by atoms with Crippen molar-refractivity contribution < 1.29 is 18.3 Å². The highest BCUT2D eigenvalue weighted by atomic mass is 32.2. The van der Waals surface area contributed by atoms with Gasteiger partial charge in [-0.25, -0.2) is 8.42 Å². The molecule has 0 bridgehead atoms. The fourth-order valence-corrected chi connectivity index (χ4v) is 4.95. The van der Waals surface area contributed by atoms with E-state index in [1.165, 1.54) is 23.8 Å². The Morgan fingerprint density at radius 3 is 2.34 bits per heavy atom. The summed E-state index contributed by atoms with van der Waals surface area (Å²) in [5, 5.41) is 10.6.